The van der Waals surface area contributed by atoms with Crippen molar-refractivity contribution in [1.29, 1.82) is 5.26 Å². The number of nitriles is 1. The fraction of sp³-hybridized carbons (Fsp3) is 0.412. The minimum absolute atomic E-state index is 0.0680. The summed E-state index contributed by atoms with van der Waals surface area (Å²) in [6.07, 6.45) is 2.48. The van der Waals surface area contributed by atoms with Crippen LogP contribution in [0, 0.1) is 11.3 Å². The number of carbonyl (C=O) groups excluding carboxylic acids is 1. The molecule has 4 heteroatoms. The average Bonchev–Trinajstić information content (AvgIpc) is 2.51. The standard InChI is InChI=1S/C17H23N3O/c1-4-14(3)19-17(21)16(11-18)13-20(5-2)12-15-9-7-6-8-10-15/h6-10,13-14H,4-5,12H2,1-3H3,(H,19,21)/b16-13-. The normalized spacial score (nSPS) is 12.4. The number of rotatable bonds is 7. The summed E-state index contributed by atoms with van der Waals surface area (Å²) in [7, 11) is 0. The zero-order valence-corrected chi connectivity index (χ0v) is 13.0. The molecule has 0 bridgehead atoms. The van der Waals surface area contributed by atoms with Crippen LogP contribution < -0.4 is 5.32 Å². The predicted octanol–water partition coefficient (Wildman–Crippen LogP) is 2.83. The number of nitrogens with zero attached hydrogens (tertiary/aromatic N) is 2. The van der Waals surface area contributed by atoms with Crippen LogP contribution in [0.25, 0.3) is 0 Å². The number of carbonyl (C=O) groups is 1. The molecular weight excluding hydrogens is 262 g/mol. The Balaban J connectivity index is 2.79. The van der Waals surface area contributed by atoms with E-state index in [1.54, 1.807) is 6.20 Å². The van der Waals surface area contributed by atoms with E-state index in [1.807, 2.05) is 62.1 Å². The molecule has 0 aliphatic carbocycles. The van der Waals surface area contributed by atoms with Gasteiger partial charge in [-0.1, -0.05) is 37.3 Å². The van der Waals surface area contributed by atoms with Gasteiger partial charge in [0, 0.05) is 25.3 Å². The number of hydrogen-bond acceptors (Lipinski definition) is 3. The van der Waals surface area contributed by atoms with Gasteiger partial charge in [0.1, 0.15) is 11.6 Å². The third-order valence-corrected chi connectivity index (χ3v) is 3.30. The van der Waals surface area contributed by atoms with Crippen LogP contribution in [-0.2, 0) is 11.3 Å². The SMILES string of the molecule is CCC(C)NC(=O)/C(C#N)=C\N(CC)Cc1ccccc1. The first kappa shape index (κ1) is 16.8. The van der Waals surface area contributed by atoms with Crippen LogP contribution in [0.5, 0.6) is 0 Å². The van der Waals surface area contributed by atoms with E-state index in [9.17, 15) is 10.1 Å². The topological polar surface area (TPSA) is 56.1 Å². The third-order valence-electron chi connectivity index (χ3n) is 3.30. The van der Waals surface area contributed by atoms with Crippen molar-refractivity contribution in [3.05, 3.63) is 47.7 Å². The Morgan fingerprint density at radius 2 is 2.05 bits per heavy atom. The van der Waals surface area contributed by atoms with Crippen LogP contribution in [0.3, 0.4) is 0 Å². The third kappa shape index (κ3) is 5.70. The lowest BCUT2D eigenvalue weighted by atomic mass is 10.2. The molecule has 1 N–H and O–H groups in total. The minimum atomic E-state index is -0.307. The molecule has 0 saturated heterocycles. The second-order valence-electron chi connectivity index (χ2n) is 4.99. The van der Waals surface area contributed by atoms with E-state index in [0.29, 0.717) is 6.54 Å². The highest BCUT2D eigenvalue weighted by Gasteiger charge is 2.12. The number of nitrogens with one attached hydrogen (secondary N) is 1. The van der Waals surface area contributed by atoms with E-state index in [2.05, 4.69) is 5.32 Å². The van der Waals surface area contributed by atoms with E-state index in [1.165, 1.54) is 0 Å². The molecule has 112 valence electrons. The van der Waals surface area contributed by atoms with Gasteiger partial charge in [0.25, 0.3) is 5.91 Å². The molecule has 4 nitrogen and oxygen atoms in total. The van der Waals surface area contributed by atoms with Gasteiger partial charge in [-0.25, -0.2) is 0 Å². The van der Waals surface area contributed by atoms with Crippen LogP contribution in [0.15, 0.2) is 42.1 Å². The first-order valence-electron chi connectivity index (χ1n) is 7.31. The monoisotopic (exact) mass is 285 g/mol. The fourth-order valence-electron chi connectivity index (χ4n) is 1.79. The highest BCUT2D eigenvalue weighted by molar-refractivity contribution is 5.97. The molecule has 1 unspecified atom stereocenters. The molecule has 0 spiro atoms. The summed E-state index contributed by atoms with van der Waals surface area (Å²) in [6, 6.07) is 12.0. The van der Waals surface area contributed by atoms with E-state index in [0.717, 1.165) is 18.5 Å². The lowest BCUT2D eigenvalue weighted by Gasteiger charge is -2.19. The van der Waals surface area contributed by atoms with E-state index < -0.39 is 0 Å². The van der Waals surface area contributed by atoms with Gasteiger partial charge < -0.3 is 10.2 Å². The Labute approximate surface area is 127 Å². The van der Waals surface area contributed by atoms with Crippen molar-refractivity contribution >= 4 is 5.91 Å². The van der Waals surface area contributed by atoms with Gasteiger partial charge in [0.05, 0.1) is 0 Å². The predicted molar refractivity (Wildman–Crippen MR) is 84.1 cm³/mol. The van der Waals surface area contributed by atoms with Crippen molar-refractivity contribution in [2.24, 2.45) is 0 Å². The second-order valence-corrected chi connectivity index (χ2v) is 4.99. The molecule has 21 heavy (non-hydrogen) atoms. The lowest BCUT2D eigenvalue weighted by Crippen LogP contribution is -2.33. The van der Waals surface area contributed by atoms with Crippen molar-refractivity contribution in [3.8, 4) is 6.07 Å². The maximum absolute atomic E-state index is 12.0. The first-order chi connectivity index (χ1) is 10.1. The van der Waals surface area contributed by atoms with E-state index in [-0.39, 0.29) is 17.5 Å². The summed E-state index contributed by atoms with van der Waals surface area (Å²) < 4.78 is 0. The molecule has 0 fully saturated rings. The maximum Gasteiger partial charge on any atom is 0.263 e. The Morgan fingerprint density at radius 3 is 2.57 bits per heavy atom. The largest absolute Gasteiger partial charge is 0.372 e. The molecule has 0 aliphatic heterocycles. The average molecular weight is 285 g/mol. The number of benzene rings is 1. The zero-order valence-electron chi connectivity index (χ0n) is 13.0. The van der Waals surface area contributed by atoms with Crippen LogP contribution in [0.4, 0.5) is 0 Å². The van der Waals surface area contributed by atoms with Crippen molar-refractivity contribution in [2.75, 3.05) is 6.54 Å². The lowest BCUT2D eigenvalue weighted by molar-refractivity contribution is -0.117. The van der Waals surface area contributed by atoms with Gasteiger partial charge in [-0.2, -0.15) is 5.26 Å². The zero-order chi connectivity index (χ0) is 15.7. The molecule has 1 rings (SSSR count). The highest BCUT2D eigenvalue weighted by Crippen LogP contribution is 2.07. The first-order valence-corrected chi connectivity index (χ1v) is 7.31. The van der Waals surface area contributed by atoms with Gasteiger partial charge in [0.2, 0.25) is 0 Å². The van der Waals surface area contributed by atoms with Crippen LogP contribution in [0.2, 0.25) is 0 Å². The summed E-state index contributed by atoms with van der Waals surface area (Å²) in [5.41, 5.74) is 1.29. The fourth-order valence-corrected chi connectivity index (χ4v) is 1.79. The van der Waals surface area contributed by atoms with E-state index in [4.69, 9.17) is 0 Å². The van der Waals surface area contributed by atoms with Crippen molar-refractivity contribution < 1.29 is 4.79 Å². The van der Waals surface area contributed by atoms with Crippen molar-refractivity contribution in [3.63, 3.8) is 0 Å². The Morgan fingerprint density at radius 1 is 1.38 bits per heavy atom. The Hall–Kier alpha value is -2.28. The molecule has 0 saturated carbocycles. The van der Waals surface area contributed by atoms with Crippen LogP contribution >= 0.6 is 0 Å². The molecule has 1 atom stereocenters. The Bertz CT molecular complexity index is 517. The summed E-state index contributed by atoms with van der Waals surface area (Å²) in [5, 5.41) is 12.0. The van der Waals surface area contributed by atoms with Gasteiger partial charge in [-0.3, -0.25) is 4.79 Å². The summed E-state index contributed by atoms with van der Waals surface area (Å²) in [6.45, 7) is 7.33. The smallest absolute Gasteiger partial charge is 0.263 e. The molecule has 0 aliphatic rings. The van der Waals surface area contributed by atoms with Gasteiger partial charge in [-0.15, -0.1) is 0 Å². The summed E-state index contributed by atoms with van der Waals surface area (Å²) in [4.78, 5) is 14.0. The number of amides is 1. The molecule has 0 aromatic heterocycles. The molecule has 0 heterocycles. The van der Waals surface area contributed by atoms with E-state index >= 15 is 0 Å². The second kappa shape index (κ2) is 8.80. The van der Waals surface area contributed by atoms with Gasteiger partial charge in [0.15, 0.2) is 0 Å². The summed E-state index contributed by atoms with van der Waals surface area (Å²) in [5.74, 6) is -0.307. The molecular formula is C17H23N3O. The van der Waals surface area contributed by atoms with Crippen LogP contribution in [0.1, 0.15) is 32.8 Å². The highest BCUT2D eigenvalue weighted by atomic mass is 16.1. The minimum Gasteiger partial charge on any atom is -0.372 e. The molecule has 1 aromatic carbocycles. The maximum atomic E-state index is 12.0. The Kier molecular flexibility index (Phi) is 7.03. The van der Waals surface area contributed by atoms with Gasteiger partial charge in [-0.05, 0) is 25.8 Å². The number of hydrogen-bond donors (Lipinski definition) is 1. The quantitative estimate of drug-likeness (QED) is 0.619. The molecule has 1 amide bonds. The molecule has 0 radical (unpaired) electrons. The summed E-state index contributed by atoms with van der Waals surface area (Å²) >= 11 is 0. The molecule has 1 aromatic rings. The van der Waals surface area contributed by atoms with Gasteiger partial charge >= 0.3 is 0 Å². The van der Waals surface area contributed by atoms with Crippen molar-refractivity contribution in [2.45, 2.75) is 39.8 Å². The van der Waals surface area contributed by atoms with Crippen molar-refractivity contribution in [1.82, 2.24) is 10.2 Å². The van der Waals surface area contributed by atoms with Crippen LogP contribution in [-0.4, -0.2) is 23.4 Å².